The summed E-state index contributed by atoms with van der Waals surface area (Å²) in [5, 5.41) is 22.6. The molecular formula is C28H36N2O20S2Sr. The van der Waals surface area contributed by atoms with E-state index in [0.717, 1.165) is 36.4 Å². The first-order valence-electron chi connectivity index (χ1n) is 12.0. The van der Waals surface area contributed by atoms with Crippen LogP contribution in [0.1, 0.15) is 41.4 Å². The van der Waals surface area contributed by atoms with Crippen LogP contribution in [0.3, 0.4) is 0 Å². The molecule has 0 spiro atoms. The van der Waals surface area contributed by atoms with Gasteiger partial charge in [-0.05, 0) is 60.7 Å². The van der Waals surface area contributed by atoms with Crippen molar-refractivity contribution in [3.8, 4) is 0 Å². The van der Waals surface area contributed by atoms with Crippen molar-refractivity contribution in [2.45, 2.75) is 9.79 Å². The van der Waals surface area contributed by atoms with Gasteiger partial charge in [0, 0.05) is 22.5 Å². The van der Waals surface area contributed by atoms with Gasteiger partial charge in [-0.15, -0.1) is 0 Å². The molecule has 0 saturated heterocycles. The van der Waals surface area contributed by atoms with Gasteiger partial charge in [-0.1, -0.05) is 36.4 Å². The molecule has 4 rings (SSSR count). The topological polar surface area (TPSA) is 499 Å². The Morgan fingerprint density at radius 3 is 0.943 bits per heavy atom. The minimum Gasteiger partial charge on any atom is -0.744 e. The molecule has 292 valence electrons. The van der Waals surface area contributed by atoms with E-state index in [1.807, 2.05) is 0 Å². The third kappa shape index (κ3) is 19.4. The van der Waals surface area contributed by atoms with Crippen molar-refractivity contribution in [2.75, 3.05) is 10.6 Å². The molecule has 20 N–H and O–H groups in total. The van der Waals surface area contributed by atoms with E-state index in [0.29, 0.717) is 11.1 Å². The van der Waals surface area contributed by atoms with Gasteiger partial charge in [0.05, 0.1) is 20.9 Å². The van der Waals surface area contributed by atoms with Crippen LogP contribution < -0.4 is 10.6 Å². The van der Waals surface area contributed by atoms with Gasteiger partial charge in [0.2, 0.25) is 0 Å². The SMILES string of the molecule is O.O.O.O.O.O.O.O.O=C(O)c1cc(NC(=O)c2ccccc2)cc(S(=O)(=O)[O-])c1.O=C(O)c1cc(NC(=O)c2ccccc2)cc(S(=O)(=O)[O-])c1.[Sr+2]. The van der Waals surface area contributed by atoms with Gasteiger partial charge in [0.25, 0.3) is 11.8 Å². The number of carbonyl (C=O) groups is 4. The predicted molar refractivity (Wildman–Crippen MR) is 186 cm³/mol. The van der Waals surface area contributed by atoms with E-state index in [9.17, 15) is 45.1 Å². The normalized spacial score (nSPS) is 9.09. The zero-order valence-corrected chi connectivity index (χ0v) is 31.8. The summed E-state index contributed by atoms with van der Waals surface area (Å²) in [5.41, 5.74) is -0.420. The molecule has 2 amide bonds. The molecule has 22 nitrogen and oxygen atoms in total. The third-order valence-electron chi connectivity index (χ3n) is 5.47. The molecule has 0 aliphatic rings. The maximum atomic E-state index is 12.0. The van der Waals surface area contributed by atoms with E-state index in [4.69, 9.17) is 10.2 Å². The Morgan fingerprint density at radius 2 is 0.717 bits per heavy atom. The molecule has 0 atom stereocenters. The monoisotopic (exact) mass is 872 g/mol. The fourth-order valence-electron chi connectivity index (χ4n) is 3.46. The molecule has 53 heavy (non-hydrogen) atoms. The van der Waals surface area contributed by atoms with Crippen molar-refractivity contribution in [3.05, 3.63) is 119 Å². The summed E-state index contributed by atoms with van der Waals surface area (Å²) in [5.74, 6) is -3.95. The number of amides is 2. The molecule has 0 bridgehead atoms. The molecule has 0 heterocycles. The predicted octanol–water partition coefficient (Wildman–Crippen LogP) is -3.90. The molecule has 0 fully saturated rings. The van der Waals surface area contributed by atoms with E-state index >= 15 is 0 Å². The third-order valence-corrected chi connectivity index (χ3v) is 7.10. The van der Waals surface area contributed by atoms with Gasteiger partial charge in [0.1, 0.15) is 20.2 Å². The quantitative estimate of drug-likeness (QED) is 0.0976. The van der Waals surface area contributed by atoms with E-state index in [2.05, 4.69) is 10.6 Å². The number of aromatic carboxylic acids is 2. The van der Waals surface area contributed by atoms with Crippen molar-refractivity contribution in [1.82, 2.24) is 0 Å². The molecule has 0 aliphatic heterocycles. The number of anilines is 2. The number of nitrogens with one attached hydrogen (secondary N) is 2. The summed E-state index contributed by atoms with van der Waals surface area (Å²) in [6.07, 6.45) is 0. The number of carboxylic acid groups (broad SMARTS) is 2. The summed E-state index contributed by atoms with van der Waals surface area (Å²) in [6, 6.07) is 21.5. The fraction of sp³-hybridized carbons (Fsp3) is 0. The molecule has 4 aromatic carbocycles. The average Bonchev–Trinajstić information content (AvgIpc) is 2.97. The zero-order chi connectivity index (χ0) is 32.7. The van der Waals surface area contributed by atoms with Crippen LogP contribution in [-0.2, 0) is 20.2 Å². The van der Waals surface area contributed by atoms with Gasteiger partial charge in [-0.25, -0.2) is 26.4 Å². The van der Waals surface area contributed by atoms with Gasteiger partial charge >= 0.3 is 57.4 Å². The molecule has 0 aliphatic carbocycles. The van der Waals surface area contributed by atoms with Crippen LogP contribution in [-0.4, -0.2) is 149 Å². The summed E-state index contributed by atoms with van der Waals surface area (Å²) in [7, 11) is -9.69. The maximum Gasteiger partial charge on any atom is 2.00 e. The molecule has 0 radical (unpaired) electrons. The largest absolute Gasteiger partial charge is 2.00 e. The van der Waals surface area contributed by atoms with Crippen molar-refractivity contribution in [1.29, 1.82) is 0 Å². The maximum absolute atomic E-state index is 12.0. The number of carbonyl (C=O) groups excluding carboxylic acids is 2. The first-order valence-corrected chi connectivity index (χ1v) is 14.8. The number of benzene rings is 4. The van der Waals surface area contributed by atoms with Crippen LogP contribution in [0.5, 0.6) is 0 Å². The van der Waals surface area contributed by atoms with Crippen molar-refractivity contribution in [2.24, 2.45) is 0 Å². The van der Waals surface area contributed by atoms with E-state index in [1.54, 1.807) is 36.4 Å². The summed E-state index contributed by atoms with van der Waals surface area (Å²) >= 11 is 0. The molecular weight excluding hydrogens is 836 g/mol. The van der Waals surface area contributed by atoms with E-state index in [1.165, 1.54) is 24.3 Å². The Bertz CT molecular complexity index is 1820. The number of rotatable bonds is 8. The second-order valence-corrected chi connectivity index (χ2v) is 11.4. The second-order valence-electron chi connectivity index (χ2n) is 8.65. The summed E-state index contributed by atoms with van der Waals surface area (Å²) < 4.78 is 66.3. The van der Waals surface area contributed by atoms with E-state index in [-0.39, 0.29) is 101 Å². The number of hydrogen-bond donors (Lipinski definition) is 4. The van der Waals surface area contributed by atoms with Crippen LogP contribution in [0.15, 0.2) is 107 Å². The Morgan fingerprint density at radius 1 is 0.453 bits per heavy atom. The minimum absolute atomic E-state index is 0. The fourth-order valence-corrected chi connectivity index (χ4v) is 4.55. The van der Waals surface area contributed by atoms with Gasteiger partial charge in [-0.2, -0.15) is 0 Å². The molecule has 25 heteroatoms. The van der Waals surface area contributed by atoms with Crippen molar-refractivity contribution < 1.29 is 99.1 Å². The van der Waals surface area contributed by atoms with Crippen LogP contribution in [0.4, 0.5) is 11.4 Å². The minimum atomic E-state index is -4.85. The Labute approximate surface area is 337 Å². The van der Waals surface area contributed by atoms with Crippen LogP contribution >= 0.6 is 0 Å². The van der Waals surface area contributed by atoms with Crippen molar-refractivity contribution in [3.63, 3.8) is 0 Å². The van der Waals surface area contributed by atoms with Crippen LogP contribution in [0.25, 0.3) is 0 Å². The average molecular weight is 872 g/mol. The Kier molecular flexibility index (Phi) is 32.9. The van der Waals surface area contributed by atoms with Gasteiger partial charge < -0.3 is 73.8 Å². The zero-order valence-electron chi connectivity index (χ0n) is 26.7. The molecule has 0 aromatic heterocycles. The number of carboxylic acids is 2. The first kappa shape index (κ1) is 63.8. The molecule has 0 unspecified atom stereocenters. The Hall–Kier alpha value is -4.26. The second kappa shape index (κ2) is 27.4. The summed E-state index contributed by atoms with van der Waals surface area (Å²) in [6.45, 7) is 0. The van der Waals surface area contributed by atoms with E-state index < -0.39 is 64.9 Å². The number of hydrogen-bond acceptors (Lipinski definition) is 10. The smallest absolute Gasteiger partial charge is 0.744 e. The van der Waals surface area contributed by atoms with Gasteiger partial charge in [0.15, 0.2) is 0 Å². The van der Waals surface area contributed by atoms with Crippen LogP contribution in [0, 0.1) is 0 Å². The Balaban J connectivity index is -0.000000137. The molecule has 0 saturated carbocycles. The standard InChI is InChI=1S/2C14H11NO6S.8H2O.Sr/c2*16-13(9-4-2-1-3-5-9)15-11-6-10(14(17)18)7-12(8-11)22(19,20)21;;;;;;;;;/h2*1-8H,(H,15,16)(H,17,18)(H,19,20,21);8*1H2;/q;;;;;;;;;;+2/p-2. The van der Waals surface area contributed by atoms with Gasteiger partial charge in [-0.3, -0.25) is 9.59 Å². The first-order chi connectivity index (χ1) is 20.5. The van der Waals surface area contributed by atoms with Crippen LogP contribution in [0.2, 0.25) is 0 Å². The molecule has 4 aromatic rings. The summed E-state index contributed by atoms with van der Waals surface area (Å²) in [4.78, 5) is 44.4. The van der Waals surface area contributed by atoms with Crippen molar-refractivity contribution >= 4 is 101 Å².